The lowest BCUT2D eigenvalue weighted by atomic mass is 10.0. The van der Waals surface area contributed by atoms with Crippen LogP contribution in [0.3, 0.4) is 0 Å². The number of hydrogen-bond acceptors (Lipinski definition) is 6. The Hall–Kier alpha value is -4.93. The van der Waals surface area contributed by atoms with E-state index in [1.165, 1.54) is 17.2 Å². The summed E-state index contributed by atoms with van der Waals surface area (Å²) in [5.41, 5.74) is 7.98. The number of nitrogens with one attached hydrogen (secondary N) is 2. The molecule has 3 aromatic carbocycles. The fourth-order valence-electron chi connectivity index (χ4n) is 7.00. The van der Waals surface area contributed by atoms with Crippen molar-refractivity contribution in [3.63, 3.8) is 0 Å². The molecule has 240 valence electrons. The summed E-state index contributed by atoms with van der Waals surface area (Å²) in [7, 11) is 0. The maximum Gasteiger partial charge on any atom is 0.253 e. The number of anilines is 1. The molecule has 1 aromatic heterocycles. The minimum Gasteiger partial charge on any atom is -0.451 e. The van der Waals surface area contributed by atoms with Gasteiger partial charge in [0.1, 0.15) is 5.69 Å². The Bertz CT molecular complexity index is 2130. The highest BCUT2D eigenvalue weighted by Gasteiger charge is 2.26. The molecule has 1 fully saturated rings. The van der Waals surface area contributed by atoms with Gasteiger partial charge in [-0.05, 0) is 71.5 Å². The van der Waals surface area contributed by atoms with Crippen molar-refractivity contribution < 1.29 is 18.3 Å². The van der Waals surface area contributed by atoms with Crippen LogP contribution in [0.4, 0.5) is 10.1 Å². The number of carbonyl (C=O) groups is 1. The highest BCUT2D eigenvalue weighted by molar-refractivity contribution is 6.02. The minimum atomic E-state index is -0.440. The van der Waals surface area contributed by atoms with Crippen LogP contribution in [0.2, 0.25) is 0 Å². The topological polar surface area (TPSA) is 89.5 Å². The predicted octanol–water partition coefficient (Wildman–Crippen LogP) is 5.37. The first-order valence-corrected chi connectivity index (χ1v) is 16.3. The predicted molar refractivity (Wildman–Crippen MR) is 182 cm³/mol. The maximum atomic E-state index is 16.1. The van der Waals surface area contributed by atoms with E-state index in [1.807, 2.05) is 21.5 Å². The number of aryl methyl sites for hydroxylation is 1. The second-order valence-electron chi connectivity index (χ2n) is 12.4. The summed E-state index contributed by atoms with van der Waals surface area (Å²) < 4.78 is 32.1. The summed E-state index contributed by atoms with van der Waals surface area (Å²) in [6.45, 7) is 10.3. The fourth-order valence-corrected chi connectivity index (χ4v) is 7.00. The van der Waals surface area contributed by atoms with Crippen molar-refractivity contribution in [3.05, 3.63) is 95.1 Å². The van der Waals surface area contributed by atoms with Gasteiger partial charge in [0.05, 0.1) is 36.3 Å². The molecular formula is C37H37FN6O3. The Morgan fingerprint density at radius 3 is 2.72 bits per heavy atom. The summed E-state index contributed by atoms with van der Waals surface area (Å²) in [6, 6.07) is 14.1. The van der Waals surface area contributed by atoms with Gasteiger partial charge in [0.15, 0.2) is 17.0 Å². The van der Waals surface area contributed by atoms with Crippen molar-refractivity contribution in [2.24, 2.45) is 0 Å². The monoisotopic (exact) mass is 632 g/mol. The van der Waals surface area contributed by atoms with E-state index in [1.54, 1.807) is 12.5 Å². The summed E-state index contributed by atoms with van der Waals surface area (Å²) in [5, 5.41) is 7.38. The highest BCUT2D eigenvalue weighted by atomic mass is 19.1. The standard InChI is InChI=1S/C37H37FN6O3/c1-24-28-20-31(38)34(40-8-4-11-42-14-16-46-17-15-42)36-35(28)44(22-30(24)37(45)41-9-5-12-43-13-10-39-23-43)32-21-29-26(19-33(32)47-36)18-25-6-2-3-7-27(25)29/h2-3,6-7,10,13,19-23,40H,1,4-5,8-9,11-12,14-18H2,(H,41,45). The van der Waals surface area contributed by atoms with E-state index in [4.69, 9.17) is 9.15 Å². The van der Waals surface area contributed by atoms with Gasteiger partial charge in [0.2, 0.25) is 0 Å². The second-order valence-corrected chi connectivity index (χ2v) is 12.4. The van der Waals surface area contributed by atoms with Crippen LogP contribution in [0.25, 0.3) is 45.5 Å². The third-order valence-electron chi connectivity index (χ3n) is 9.44. The van der Waals surface area contributed by atoms with E-state index in [0.29, 0.717) is 51.8 Å². The highest BCUT2D eigenvalue weighted by Crippen LogP contribution is 2.42. The number of imidazole rings is 1. The van der Waals surface area contributed by atoms with E-state index in [0.717, 1.165) is 75.3 Å². The van der Waals surface area contributed by atoms with Crippen molar-refractivity contribution in [2.45, 2.75) is 25.8 Å². The van der Waals surface area contributed by atoms with Gasteiger partial charge < -0.3 is 28.9 Å². The molecule has 0 unspecified atom stereocenters. The summed E-state index contributed by atoms with van der Waals surface area (Å²) in [6.07, 6.45) is 9.61. The average Bonchev–Trinajstić information content (AvgIpc) is 3.74. The van der Waals surface area contributed by atoms with Gasteiger partial charge in [-0.1, -0.05) is 30.8 Å². The van der Waals surface area contributed by atoms with Gasteiger partial charge >= 0.3 is 0 Å². The molecule has 8 rings (SSSR count). The zero-order chi connectivity index (χ0) is 31.9. The SMILES string of the molecule is C=c1c(C(=O)NCCCn2ccnc2)cn2c3cc4c(cc3oc3c(NCCCN5CCOCC5)c(F)cc1c3-2)Cc1ccccc1-4. The van der Waals surface area contributed by atoms with Crippen LogP contribution in [0.1, 0.15) is 34.3 Å². The van der Waals surface area contributed by atoms with Crippen molar-refractivity contribution in [2.75, 3.05) is 51.3 Å². The molecule has 4 aromatic rings. The number of ether oxygens (including phenoxy) is 1. The molecule has 1 saturated heterocycles. The Balaban J connectivity index is 1.20. The Morgan fingerprint density at radius 2 is 1.87 bits per heavy atom. The third-order valence-corrected chi connectivity index (χ3v) is 9.44. The fraction of sp³-hybridized carbons (Fsp3) is 0.297. The van der Waals surface area contributed by atoms with Crippen LogP contribution < -0.4 is 15.9 Å². The molecule has 47 heavy (non-hydrogen) atoms. The quantitative estimate of drug-likeness (QED) is 0.120. The molecule has 2 N–H and O–H groups in total. The number of aromatic nitrogens is 3. The number of amides is 1. The number of halogens is 1. The van der Waals surface area contributed by atoms with Crippen LogP contribution in [0.5, 0.6) is 0 Å². The lowest BCUT2D eigenvalue weighted by Gasteiger charge is -2.26. The van der Waals surface area contributed by atoms with Crippen LogP contribution in [-0.2, 0) is 17.7 Å². The van der Waals surface area contributed by atoms with Gasteiger partial charge in [0.25, 0.3) is 5.91 Å². The van der Waals surface area contributed by atoms with E-state index in [-0.39, 0.29) is 5.91 Å². The van der Waals surface area contributed by atoms with Crippen molar-refractivity contribution in [3.8, 4) is 16.8 Å². The molecule has 1 amide bonds. The minimum absolute atomic E-state index is 0.252. The van der Waals surface area contributed by atoms with Crippen molar-refractivity contribution in [1.82, 2.24) is 24.3 Å². The maximum absolute atomic E-state index is 16.1. The second kappa shape index (κ2) is 12.4. The number of benzene rings is 3. The number of morpholine rings is 1. The van der Waals surface area contributed by atoms with E-state index < -0.39 is 5.82 Å². The van der Waals surface area contributed by atoms with Gasteiger partial charge in [-0.2, -0.15) is 0 Å². The molecule has 4 heterocycles. The number of carbonyl (C=O) groups excluding carboxylic acids is 1. The number of rotatable bonds is 10. The molecule has 1 aliphatic carbocycles. The Kier molecular flexibility index (Phi) is 7.74. The molecule has 0 atom stereocenters. The van der Waals surface area contributed by atoms with Crippen LogP contribution in [0, 0.1) is 5.82 Å². The lowest BCUT2D eigenvalue weighted by Crippen LogP contribution is -2.37. The molecule has 9 nitrogen and oxygen atoms in total. The Morgan fingerprint density at radius 1 is 1.02 bits per heavy atom. The molecule has 0 spiro atoms. The smallest absolute Gasteiger partial charge is 0.253 e. The van der Waals surface area contributed by atoms with Crippen LogP contribution in [-0.4, -0.2) is 70.9 Å². The number of nitrogens with zero attached hydrogens (tertiary/aromatic N) is 4. The molecular weight excluding hydrogens is 595 g/mol. The zero-order valence-electron chi connectivity index (χ0n) is 26.2. The van der Waals surface area contributed by atoms with E-state index in [2.05, 4.69) is 63.5 Å². The van der Waals surface area contributed by atoms with E-state index in [9.17, 15) is 4.79 Å². The summed E-state index contributed by atoms with van der Waals surface area (Å²) in [4.78, 5) is 20.1. The van der Waals surface area contributed by atoms with Crippen LogP contribution in [0.15, 0.2) is 71.8 Å². The molecule has 0 radical (unpaired) electrons. The summed E-state index contributed by atoms with van der Waals surface area (Å²) in [5.74, 6) is -0.691. The Labute approximate surface area is 271 Å². The number of pyridine rings is 1. The largest absolute Gasteiger partial charge is 0.451 e. The normalized spacial score (nSPS) is 14.6. The third kappa shape index (κ3) is 5.47. The average molecular weight is 633 g/mol. The van der Waals surface area contributed by atoms with Gasteiger partial charge in [-0.25, -0.2) is 9.37 Å². The van der Waals surface area contributed by atoms with Gasteiger partial charge in [0, 0.05) is 56.7 Å². The first-order chi connectivity index (χ1) is 23.0. The molecule has 4 aliphatic rings. The van der Waals surface area contributed by atoms with Gasteiger partial charge in [-0.15, -0.1) is 0 Å². The van der Waals surface area contributed by atoms with Crippen LogP contribution >= 0.6 is 0 Å². The first-order valence-electron chi connectivity index (χ1n) is 16.3. The summed E-state index contributed by atoms with van der Waals surface area (Å²) >= 11 is 0. The number of hydrogen-bond donors (Lipinski definition) is 2. The van der Waals surface area contributed by atoms with Crippen molar-refractivity contribution in [1.29, 1.82) is 0 Å². The molecule has 10 heteroatoms. The first kappa shape index (κ1) is 29.5. The molecule has 0 bridgehead atoms. The van der Waals surface area contributed by atoms with Crippen molar-refractivity contribution >= 4 is 40.2 Å². The molecule has 3 aliphatic heterocycles. The van der Waals surface area contributed by atoms with Gasteiger partial charge in [-0.3, -0.25) is 9.69 Å². The zero-order valence-corrected chi connectivity index (χ0v) is 26.2. The number of fused-ring (bicyclic) bond motifs is 5. The lowest BCUT2D eigenvalue weighted by molar-refractivity contribution is 0.0378. The molecule has 0 saturated carbocycles. The van der Waals surface area contributed by atoms with E-state index >= 15 is 4.39 Å².